The van der Waals surface area contributed by atoms with Crippen molar-refractivity contribution in [2.75, 3.05) is 32.8 Å². The van der Waals surface area contributed by atoms with Crippen molar-refractivity contribution in [2.45, 2.75) is 121 Å². The Morgan fingerprint density at radius 1 is 0.868 bits per heavy atom. The third-order valence-electron chi connectivity index (χ3n) is 10.5. The fraction of sp³-hybridized carbons (Fsp3) is 0.933. The maximum atomic E-state index is 13.9. The molecule has 0 aromatic heterocycles. The maximum Gasteiger partial charge on any atom is 0.230 e. The van der Waals surface area contributed by atoms with Crippen LogP contribution in [0.1, 0.15) is 90.4 Å². The van der Waals surface area contributed by atoms with Crippen molar-refractivity contribution in [1.29, 1.82) is 0 Å². The number of hydrogen-bond acceptors (Lipinski definition) is 6. The number of likely N-dealkylation sites (tertiary alicyclic amines) is 2. The summed E-state index contributed by atoms with van der Waals surface area (Å²) in [6.07, 6.45) is 11.6. The molecule has 0 aromatic carbocycles. The van der Waals surface area contributed by atoms with Crippen LogP contribution in [0.4, 0.5) is 0 Å². The van der Waals surface area contributed by atoms with Gasteiger partial charge in [0.25, 0.3) is 0 Å². The molecule has 5 aliphatic rings. The van der Waals surface area contributed by atoms with Gasteiger partial charge in [0.1, 0.15) is 0 Å². The van der Waals surface area contributed by atoms with Gasteiger partial charge in [0.05, 0.1) is 24.2 Å². The predicted molar refractivity (Wildman–Crippen MR) is 145 cm³/mol. The molecule has 2 aliphatic heterocycles. The van der Waals surface area contributed by atoms with E-state index in [1.54, 1.807) is 6.92 Å². The lowest BCUT2D eigenvalue weighted by molar-refractivity contribution is -0.162. The fourth-order valence-corrected chi connectivity index (χ4v) is 8.23. The summed E-state index contributed by atoms with van der Waals surface area (Å²) in [5.41, 5.74) is 0. The molecule has 0 spiro atoms. The van der Waals surface area contributed by atoms with Crippen molar-refractivity contribution in [1.82, 2.24) is 15.1 Å². The molecule has 7 atom stereocenters. The van der Waals surface area contributed by atoms with Crippen molar-refractivity contribution in [3.8, 4) is 0 Å². The molecule has 3 aliphatic carbocycles. The van der Waals surface area contributed by atoms with Crippen molar-refractivity contribution in [3.63, 3.8) is 0 Å². The van der Waals surface area contributed by atoms with Gasteiger partial charge < -0.3 is 30.1 Å². The van der Waals surface area contributed by atoms with Gasteiger partial charge >= 0.3 is 0 Å². The lowest BCUT2D eigenvalue weighted by Gasteiger charge is -2.48. The van der Waals surface area contributed by atoms with Crippen LogP contribution in [0.15, 0.2) is 0 Å². The van der Waals surface area contributed by atoms with Crippen LogP contribution in [0.25, 0.3) is 0 Å². The van der Waals surface area contributed by atoms with Crippen LogP contribution in [-0.4, -0.2) is 95.0 Å². The summed E-state index contributed by atoms with van der Waals surface area (Å²) in [6.45, 7) is 5.44. The molecule has 8 nitrogen and oxygen atoms in total. The van der Waals surface area contributed by atoms with E-state index in [1.165, 1.54) is 44.9 Å². The molecule has 2 amide bonds. The Bertz CT molecular complexity index is 797. The third-order valence-corrected chi connectivity index (χ3v) is 10.5. The van der Waals surface area contributed by atoms with Crippen LogP contribution in [0.5, 0.6) is 0 Å². The number of rotatable bonds is 6. The summed E-state index contributed by atoms with van der Waals surface area (Å²) < 4.78 is 6.33. The number of carbonyl (C=O) groups excluding carboxylic acids is 2. The Morgan fingerprint density at radius 3 is 2.34 bits per heavy atom. The van der Waals surface area contributed by atoms with E-state index < -0.39 is 24.2 Å². The van der Waals surface area contributed by atoms with Gasteiger partial charge in [-0.2, -0.15) is 0 Å². The van der Waals surface area contributed by atoms with Crippen LogP contribution >= 0.6 is 0 Å². The number of fused-ring (bicyclic) bond motifs is 1. The van der Waals surface area contributed by atoms with Gasteiger partial charge in [0.15, 0.2) is 0 Å². The first-order chi connectivity index (χ1) is 18.4. The van der Waals surface area contributed by atoms with Gasteiger partial charge in [-0.1, -0.05) is 25.7 Å². The predicted octanol–water partition coefficient (Wildman–Crippen LogP) is 2.70. The minimum absolute atomic E-state index is 0.0237. The van der Waals surface area contributed by atoms with E-state index in [0.29, 0.717) is 42.9 Å². The zero-order chi connectivity index (χ0) is 26.6. The van der Waals surface area contributed by atoms with Crippen molar-refractivity contribution in [3.05, 3.63) is 0 Å². The van der Waals surface area contributed by atoms with E-state index in [0.717, 1.165) is 51.9 Å². The molecule has 38 heavy (non-hydrogen) atoms. The first kappa shape index (κ1) is 28.3. The average Bonchev–Trinajstić information content (AvgIpc) is 2.92. The standard InChI is InChI=1S/C30H51N3O5/c1-20(34)32-14-11-23(12-15-32)31-26-9-5-8-22-10-13-33(18-25(22)26)30(37)29-27(36)16-24(35)17-28(29)38-19-21-6-3-2-4-7-21/h21-29,31,35-36H,2-19H2,1H3. The zero-order valence-electron chi connectivity index (χ0n) is 23.4. The van der Waals surface area contributed by atoms with E-state index in [2.05, 4.69) is 5.32 Å². The Hall–Kier alpha value is -1.22. The highest BCUT2D eigenvalue weighted by Crippen LogP contribution is 2.39. The number of nitrogens with zero attached hydrogens (tertiary/aromatic N) is 2. The van der Waals surface area contributed by atoms with Gasteiger partial charge in [-0.05, 0) is 62.7 Å². The topological polar surface area (TPSA) is 102 Å². The smallest absolute Gasteiger partial charge is 0.230 e. The molecular formula is C30H51N3O5. The Balaban J connectivity index is 1.20. The van der Waals surface area contributed by atoms with Crippen LogP contribution in [0.3, 0.4) is 0 Å². The van der Waals surface area contributed by atoms with Gasteiger partial charge in [0.2, 0.25) is 11.8 Å². The Kier molecular flexibility index (Phi) is 9.66. The Labute approximate surface area is 228 Å². The van der Waals surface area contributed by atoms with Crippen LogP contribution < -0.4 is 5.32 Å². The number of hydrogen-bond donors (Lipinski definition) is 3. The third kappa shape index (κ3) is 6.73. The molecular weight excluding hydrogens is 482 g/mol. The lowest BCUT2D eigenvalue weighted by atomic mass is 9.71. The number of aliphatic hydroxyl groups is 2. The summed E-state index contributed by atoms with van der Waals surface area (Å²) in [4.78, 5) is 29.6. The zero-order valence-corrected chi connectivity index (χ0v) is 23.4. The maximum absolute atomic E-state index is 13.9. The SMILES string of the molecule is CC(=O)N1CCC(NC2CCCC3CCN(C(=O)C4C(O)CC(O)CC4OCC4CCCCC4)CC32)CC1. The molecule has 3 N–H and O–H groups in total. The molecule has 0 radical (unpaired) electrons. The second kappa shape index (κ2) is 13.0. The van der Waals surface area contributed by atoms with Gasteiger partial charge in [-0.3, -0.25) is 9.59 Å². The highest BCUT2D eigenvalue weighted by atomic mass is 16.5. The van der Waals surface area contributed by atoms with E-state index in [4.69, 9.17) is 4.74 Å². The number of aliphatic hydroxyl groups excluding tert-OH is 2. The monoisotopic (exact) mass is 533 g/mol. The molecule has 216 valence electrons. The Morgan fingerprint density at radius 2 is 1.61 bits per heavy atom. The molecule has 7 unspecified atom stereocenters. The summed E-state index contributed by atoms with van der Waals surface area (Å²) in [7, 11) is 0. The van der Waals surface area contributed by atoms with E-state index in [1.807, 2.05) is 9.80 Å². The molecule has 8 heteroatoms. The normalized spacial score (nSPS) is 37.6. The highest BCUT2D eigenvalue weighted by molar-refractivity contribution is 5.80. The molecule has 0 aromatic rings. The second-order valence-corrected chi connectivity index (χ2v) is 13.1. The lowest BCUT2D eigenvalue weighted by Crippen LogP contribution is -2.59. The number of nitrogens with one attached hydrogen (secondary N) is 1. The summed E-state index contributed by atoms with van der Waals surface area (Å²) in [5.74, 6) is 1.21. The van der Waals surface area contributed by atoms with Gasteiger partial charge in [-0.25, -0.2) is 0 Å². The minimum Gasteiger partial charge on any atom is -0.393 e. The van der Waals surface area contributed by atoms with Gasteiger partial charge in [0, 0.05) is 64.6 Å². The second-order valence-electron chi connectivity index (χ2n) is 13.1. The summed E-state index contributed by atoms with van der Waals surface area (Å²) in [5, 5.41) is 25.3. The minimum atomic E-state index is -0.855. The number of ether oxygens (including phenoxy) is 1. The summed E-state index contributed by atoms with van der Waals surface area (Å²) >= 11 is 0. The van der Waals surface area contributed by atoms with Crippen LogP contribution in [0, 0.1) is 23.7 Å². The average molecular weight is 534 g/mol. The van der Waals surface area contributed by atoms with Crippen LogP contribution in [-0.2, 0) is 14.3 Å². The number of piperidine rings is 2. The van der Waals surface area contributed by atoms with E-state index >= 15 is 0 Å². The molecule has 3 saturated carbocycles. The van der Waals surface area contributed by atoms with E-state index in [-0.39, 0.29) is 18.2 Å². The largest absolute Gasteiger partial charge is 0.393 e. The quantitative estimate of drug-likeness (QED) is 0.485. The summed E-state index contributed by atoms with van der Waals surface area (Å²) in [6, 6.07) is 0.828. The molecule has 5 rings (SSSR count). The first-order valence-corrected chi connectivity index (χ1v) is 15.7. The van der Waals surface area contributed by atoms with Crippen molar-refractivity contribution in [2.24, 2.45) is 23.7 Å². The highest BCUT2D eigenvalue weighted by Gasteiger charge is 2.46. The number of amides is 2. The van der Waals surface area contributed by atoms with Gasteiger partial charge in [-0.15, -0.1) is 0 Å². The molecule has 2 saturated heterocycles. The molecule has 2 heterocycles. The van der Waals surface area contributed by atoms with Crippen molar-refractivity contribution < 1.29 is 24.5 Å². The van der Waals surface area contributed by atoms with Crippen molar-refractivity contribution >= 4 is 11.8 Å². The van der Waals surface area contributed by atoms with Crippen LogP contribution in [0.2, 0.25) is 0 Å². The van der Waals surface area contributed by atoms with E-state index in [9.17, 15) is 19.8 Å². The molecule has 5 fully saturated rings. The fourth-order valence-electron chi connectivity index (χ4n) is 8.23. The first-order valence-electron chi connectivity index (χ1n) is 15.7. The number of carbonyl (C=O) groups is 2. The molecule has 0 bridgehead atoms.